The van der Waals surface area contributed by atoms with Crippen LogP contribution in [0.15, 0.2) is 101 Å². The van der Waals surface area contributed by atoms with Crippen LogP contribution in [-0.2, 0) is 17.9 Å². The Kier molecular flexibility index (Phi) is 7.18. The average molecular weight is 501 g/mol. The maximum atomic E-state index is 13.4. The highest BCUT2D eigenvalue weighted by atomic mass is 32.2. The van der Waals surface area contributed by atoms with Crippen LogP contribution in [0.3, 0.4) is 0 Å². The monoisotopic (exact) mass is 500 g/mol. The number of pyridine rings is 1. The number of nitrogens with zero attached hydrogens (tertiary/aromatic N) is 4. The molecule has 0 saturated heterocycles. The number of ether oxygens (including phenoxy) is 1. The Morgan fingerprint density at radius 3 is 2.58 bits per heavy atom. The van der Waals surface area contributed by atoms with Gasteiger partial charge in [0, 0.05) is 17.3 Å². The first-order valence-electron chi connectivity index (χ1n) is 11.2. The Bertz CT molecular complexity index is 1460. The van der Waals surface area contributed by atoms with Gasteiger partial charge in [-0.05, 0) is 42.0 Å². The molecular formula is C27H21FN4O3S. The standard InChI is InChI=1S/C27H21FN4O3S/c28-21-11-13-22(14-12-21)32(16-19-6-2-1-3-7-19)25(33)18-36-27-31-30-24(35-27)17-34-23-10-4-8-20-9-5-15-29-26(20)23/h1-15H,16-18H2. The van der Waals surface area contributed by atoms with E-state index >= 15 is 0 Å². The summed E-state index contributed by atoms with van der Waals surface area (Å²) in [4.78, 5) is 19.1. The highest BCUT2D eigenvalue weighted by molar-refractivity contribution is 7.99. The number of amides is 1. The van der Waals surface area contributed by atoms with E-state index in [1.54, 1.807) is 23.2 Å². The number of carbonyl (C=O) groups excluding carboxylic acids is 1. The summed E-state index contributed by atoms with van der Waals surface area (Å²) in [6.07, 6.45) is 1.71. The van der Waals surface area contributed by atoms with Crippen LogP contribution in [0.5, 0.6) is 5.75 Å². The third kappa shape index (κ3) is 5.69. The summed E-state index contributed by atoms with van der Waals surface area (Å²) in [5, 5.41) is 9.27. The van der Waals surface area contributed by atoms with Gasteiger partial charge in [0.25, 0.3) is 11.1 Å². The molecule has 0 spiro atoms. The number of anilines is 1. The van der Waals surface area contributed by atoms with E-state index in [1.165, 1.54) is 12.1 Å². The Hall–Kier alpha value is -4.24. The van der Waals surface area contributed by atoms with Crippen LogP contribution in [0.25, 0.3) is 10.9 Å². The quantitative estimate of drug-likeness (QED) is 0.242. The average Bonchev–Trinajstić information content (AvgIpc) is 3.38. The summed E-state index contributed by atoms with van der Waals surface area (Å²) in [5.41, 5.74) is 2.31. The summed E-state index contributed by atoms with van der Waals surface area (Å²) >= 11 is 1.14. The molecule has 0 aliphatic carbocycles. The summed E-state index contributed by atoms with van der Waals surface area (Å²) in [5.74, 6) is 0.442. The van der Waals surface area contributed by atoms with E-state index in [9.17, 15) is 9.18 Å². The molecular weight excluding hydrogens is 479 g/mol. The molecule has 0 N–H and O–H groups in total. The van der Waals surface area contributed by atoms with Crippen molar-refractivity contribution in [3.63, 3.8) is 0 Å². The highest BCUT2D eigenvalue weighted by Crippen LogP contribution is 2.25. The lowest BCUT2D eigenvalue weighted by molar-refractivity contribution is -0.116. The molecule has 2 aromatic heterocycles. The molecule has 1 amide bonds. The fraction of sp³-hybridized carbons (Fsp3) is 0.111. The molecule has 0 aliphatic heterocycles. The largest absolute Gasteiger partial charge is 0.482 e. The molecule has 7 nitrogen and oxygen atoms in total. The van der Waals surface area contributed by atoms with Gasteiger partial charge >= 0.3 is 0 Å². The number of fused-ring (bicyclic) bond motifs is 1. The van der Waals surface area contributed by atoms with Gasteiger partial charge in [-0.2, -0.15) is 0 Å². The third-order valence-corrected chi connectivity index (χ3v) is 6.14. The number of thioether (sulfide) groups is 1. The van der Waals surface area contributed by atoms with Crippen molar-refractivity contribution in [2.24, 2.45) is 0 Å². The number of benzene rings is 3. The minimum atomic E-state index is -0.361. The summed E-state index contributed by atoms with van der Waals surface area (Å²) < 4.78 is 25.0. The minimum Gasteiger partial charge on any atom is -0.482 e. The van der Waals surface area contributed by atoms with E-state index in [0.717, 1.165) is 28.2 Å². The number of hydrogen-bond acceptors (Lipinski definition) is 7. The second kappa shape index (κ2) is 11.0. The van der Waals surface area contributed by atoms with Gasteiger partial charge in [-0.25, -0.2) is 4.39 Å². The van der Waals surface area contributed by atoms with Crippen LogP contribution in [0.2, 0.25) is 0 Å². The number of carbonyl (C=O) groups is 1. The third-order valence-electron chi connectivity index (χ3n) is 5.34. The van der Waals surface area contributed by atoms with E-state index in [-0.39, 0.29) is 35.2 Å². The zero-order valence-electron chi connectivity index (χ0n) is 19.1. The van der Waals surface area contributed by atoms with Crippen molar-refractivity contribution in [1.29, 1.82) is 0 Å². The van der Waals surface area contributed by atoms with Gasteiger partial charge in [0.15, 0.2) is 6.61 Å². The van der Waals surface area contributed by atoms with Crippen LogP contribution >= 0.6 is 11.8 Å². The fourth-order valence-electron chi connectivity index (χ4n) is 3.60. The lowest BCUT2D eigenvalue weighted by Gasteiger charge is -2.22. The van der Waals surface area contributed by atoms with Crippen molar-refractivity contribution >= 4 is 34.3 Å². The zero-order valence-corrected chi connectivity index (χ0v) is 19.9. The lowest BCUT2D eigenvalue weighted by atomic mass is 10.2. The summed E-state index contributed by atoms with van der Waals surface area (Å²) in [7, 11) is 0. The van der Waals surface area contributed by atoms with Crippen molar-refractivity contribution in [3.8, 4) is 5.75 Å². The summed E-state index contributed by atoms with van der Waals surface area (Å²) in [6, 6.07) is 25.0. The topological polar surface area (TPSA) is 81.3 Å². The molecule has 2 heterocycles. The first-order valence-corrected chi connectivity index (χ1v) is 12.2. The molecule has 5 aromatic rings. The Morgan fingerprint density at radius 1 is 0.944 bits per heavy atom. The second-order valence-electron chi connectivity index (χ2n) is 7.81. The van der Waals surface area contributed by atoms with Gasteiger partial charge in [0.05, 0.1) is 12.3 Å². The Labute approximate surface area is 210 Å². The van der Waals surface area contributed by atoms with Crippen molar-refractivity contribution in [2.75, 3.05) is 10.7 Å². The maximum Gasteiger partial charge on any atom is 0.277 e. The van der Waals surface area contributed by atoms with Gasteiger partial charge in [0.2, 0.25) is 5.91 Å². The van der Waals surface area contributed by atoms with Crippen LogP contribution < -0.4 is 9.64 Å². The van der Waals surface area contributed by atoms with E-state index < -0.39 is 0 Å². The van der Waals surface area contributed by atoms with E-state index in [2.05, 4.69) is 15.2 Å². The van der Waals surface area contributed by atoms with Gasteiger partial charge in [-0.1, -0.05) is 60.3 Å². The predicted molar refractivity (Wildman–Crippen MR) is 135 cm³/mol. The molecule has 0 radical (unpaired) electrons. The number of hydrogen-bond donors (Lipinski definition) is 0. The van der Waals surface area contributed by atoms with Crippen molar-refractivity contribution in [2.45, 2.75) is 18.4 Å². The van der Waals surface area contributed by atoms with Gasteiger partial charge < -0.3 is 14.1 Å². The number of rotatable bonds is 9. The van der Waals surface area contributed by atoms with Crippen LogP contribution in [0.1, 0.15) is 11.5 Å². The minimum absolute atomic E-state index is 0.0694. The molecule has 3 aromatic carbocycles. The Balaban J connectivity index is 1.23. The van der Waals surface area contributed by atoms with Gasteiger partial charge in [-0.3, -0.25) is 9.78 Å². The SMILES string of the molecule is O=C(CSc1nnc(COc2cccc3cccnc23)o1)N(Cc1ccccc1)c1ccc(F)cc1. The molecule has 9 heteroatoms. The molecule has 0 bridgehead atoms. The molecule has 0 atom stereocenters. The smallest absolute Gasteiger partial charge is 0.277 e. The molecule has 0 fully saturated rings. The van der Waals surface area contributed by atoms with E-state index in [0.29, 0.717) is 18.0 Å². The normalized spacial score (nSPS) is 10.9. The Morgan fingerprint density at radius 2 is 1.75 bits per heavy atom. The summed E-state index contributed by atoms with van der Waals surface area (Å²) in [6.45, 7) is 0.431. The van der Waals surface area contributed by atoms with Gasteiger partial charge in [0.1, 0.15) is 17.1 Å². The molecule has 0 aliphatic rings. The molecule has 0 saturated carbocycles. The van der Waals surface area contributed by atoms with E-state index in [1.807, 2.05) is 60.7 Å². The van der Waals surface area contributed by atoms with Crippen LogP contribution in [0, 0.1) is 5.82 Å². The van der Waals surface area contributed by atoms with Crippen LogP contribution in [0.4, 0.5) is 10.1 Å². The maximum absolute atomic E-state index is 13.4. The highest BCUT2D eigenvalue weighted by Gasteiger charge is 2.19. The van der Waals surface area contributed by atoms with Crippen molar-refractivity contribution in [3.05, 3.63) is 108 Å². The number of para-hydroxylation sites is 1. The molecule has 5 rings (SSSR count). The zero-order chi connectivity index (χ0) is 24.7. The molecule has 0 unspecified atom stereocenters. The van der Waals surface area contributed by atoms with Gasteiger partial charge in [-0.15, -0.1) is 10.2 Å². The second-order valence-corrected chi connectivity index (χ2v) is 8.74. The van der Waals surface area contributed by atoms with Crippen LogP contribution in [-0.4, -0.2) is 26.8 Å². The van der Waals surface area contributed by atoms with E-state index in [4.69, 9.17) is 9.15 Å². The van der Waals surface area contributed by atoms with Crippen molar-refractivity contribution in [1.82, 2.24) is 15.2 Å². The van der Waals surface area contributed by atoms with Crippen molar-refractivity contribution < 1.29 is 18.3 Å². The molecule has 36 heavy (non-hydrogen) atoms. The first kappa shape index (κ1) is 23.5. The molecule has 180 valence electrons. The lowest BCUT2D eigenvalue weighted by Crippen LogP contribution is -2.31. The number of aromatic nitrogens is 3. The fourth-order valence-corrected chi connectivity index (χ4v) is 4.26. The number of halogens is 1. The predicted octanol–water partition coefficient (Wildman–Crippen LogP) is 5.66. The first-order chi connectivity index (χ1) is 17.7.